The number of Topliss-reactive ketones (excluding diaryl/α,β-unsaturated/α-hetero) is 1. The number of carbonyl (C=O) groups excluding carboxylic acids is 4. The molecule has 292 valence electrons. The Hall–Kier alpha value is -2.84. The van der Waals surface area contributed by atoms with E-state index >= 15 is 0 Å². The van der Waals surface area contributed by atoms with E-state index in [2.05, 4.69) is 33.3 Å². The summed E-state index contributed by atoms with van der Waals surface area (Å²) in [4.78, 5) is 46.4. The summed E-state index contributed by atoms with van der Waals surface area (Å²) in [6.45, 7) is 45.5. The quantitative estimate of drug-likeness (QED) is 0.157. The first-order chi connectivity index (χ1) is 22.0. The third-order valence-electron chi connectivity index (χ3n) is 5.80. The van der Waals surface area contributed by atoms with Crippen LogP contribution in [0.3, 0.4) is 0 Å². The fraction of sp³-hybridized carbons (Fsp3) is 0.689. The van der Waals surface area contributed by atoms with Gasteiger partial charge in [0.25, 0.3) is 0 Å². The molecule has 0 heterocycles. The minimum atomic E-state index is -0.247. The van der Waals surface area contributed by atoms with Crippen LogP contribution in [0.5, 0.6) is 0 Å². The van der Waals surface area contributed by atoms with Gasteiger partial charge in [0.1, 0.15) is 5.78 Å². The second-order valence-electron chi connectivity index (χ2n) is 18.1. The van der Waals surface area contributed by atoms with Crippen molar-refractivity contribution in [2.75, 3.05) is 20.6 Å². The van der Waals surface area contributed by atoms with E-state index < -0.39 is 0 Å². The lowest BCUT2D eigenvalue weighted by Gasteiger charge is -2.13. The molecule has 5 heteroatoms. The molecule has 0 aromatic heterocycles. The van der Waals surface area contributed by atoms with Crippen LogP contribution in [0.1, 0.15) is 152 Å². The van der Waals surface area contributed by atoms with Gasteiger partial charge in [0.05, 0.1) is 0 Å². The average molecular weight is 702 g/mol. The van der Waals surface area contributed by atoms with Gasteiger partial charge < -0.3 is 4.90 Å². The van der Waals surface area contributed by atoms with Crippen LogP contribution in [0.2, 0.25) is 0 Å². The fourth-order valence-electron chi connectivity index (χ4n) is 2.03. The van der Waals surface area contributed by atoms with Crippen molar-refractivity contribution in [3.8, 4) is 12.3 Å². The zero-order valence-electron chi connectivity index (χ0n) is 37.3. The molecule has 0 radical (unpaired) electrons. The lowest BCUT2D eigenvalue weighted by atomic mass is 9.90. The monoisotopic (exact) mass is 702 g/mol. The topological polar surface area (TPSA) is 71.5 Å². The van der Waals surface area contributed by atoms with Gasteiger partial charge in [-0.1, -0.05) is 148 Å². The predicted molar refractivity (Wildman–Crippen MR) is 223 cm³/mol. The number of rotatable bonds is 6. The third-order valence-corrected chi connectivity index (χ3v) is 5.80. The van der Waals surface area contributed by atoms with Crippen LogP contribution >= 0.6 is 0 Å². The van der Waals surface area contributed by atoms with E-state index in [1.54, 1.807) is 24.3 Å². The molecule has 0 aliphatic carbocycles. The number of ketones is 4. The van der Waals surface area contributed by atoms with E-state index in [9.17, 15) is 19.2 Å². The molecule has 0 saturated carbocycles. The van der Waals surface area contributed by atoms with E-state index in [1.807, 2.05) is 156 Å². The van der Waals surface area contributed by atoms with Crippen molar-refractivity contribution in [2.45, 2.75) is 152 Å². The van der Waals surface area contributed by atoms with Crippen molar-refractivity contribution >= 4 is 23.1 Å². The fourth-order valence-corrected chi connectivity index (χ4v) is 2.03. The van der Waals surface area contributed by atoms with Crippen LogP contribution in [0.25, 0.3) is 0 Å². The molecule has 0 saturated heterocycles. The minimum absolute atomic E-state index is 0.130. The Morgan fingerprint density at radius 3 is 1.14 bits per heavy atom. The van der Waals surface area contributed by atoms with Crippen molar-refractivity contribution in [2.24, 2.45) is 33.0 Å². The van der Waals surface area contributed by atoms with Crippen molar-refractivity contribution in [1.82, 2.24) is 4.90 Å². The Bertz CT molecular complexity index is 1080. The molecular weight excluding hydrogens is 618 g/mol. The summed E-state index contributed by atoms with van der Waals surface area (Å²) in [7, 11) is 3.96. The highest BCUT2D eigenvalue weighted by atomic mass is 16.1. The molecule has 0 aliphatic rings. The minimum Gasteiger partial charge on any atom is -0.306 e. The van der Waals surface area contributed by atoms with Crippen LogP contribution in [0.4, 0.5) is 0 Å². The highest BCUT2D eigenvalue weighted by Crippen LogP contribution is 2.17. The predicted octanol–water partition coefficient (Wildman–Crippen LogP) is 12.0. The van der Waals surface area contributed by atoms with Crippen molar-refractivity contribution < 1.29 is 19.2 Å². The van der Waals surface area contributed by atoms with Crippen LogP contribution in [0.15, 0.2) is 48.6 Å². The third kappa shape index (κ3) is 52.0. The number of nitrogens with zero attached hydrogens (tertiary/aromatic N) is 1. The number of likely N-dealkylation sites (N-methyl/N-ethyl adjacent to an activating group) is 1. The molecule has 0 rings (SSSR count). The Kier molecular flexibility index (Phi) is 34.2. The van der Waals surface area contributed by atoms with Crippen LogP contribution in [-0.2, 0) is 19.2 Å². The van der Waals surface area contributed by atoms with Gasteiger partial charge in [-0.15, -0.1) is 18.9 Å². The van der Waals surface area contributed by atoms with E-state index in [1.165, 1.54) is 0 Å². The number of allylic oxidation sites excluding steroid dienone is 6. The van der Waals surface area contributed by atoms with Gasteiger partial charge in [-0.3, -0.25) is 19.2 Å². The summed E-state index contributed by atoms with van der Waals surface area (Å²) in [6.07, 6.45) is 16.2. The summed E-state index contributed by atoms with van der Waals surface area (Å²) in [5.74, 6) is 3.84. The zero-order chi connectivity index (χ0) is 41.9. The number of carbonyl (C=O) groups is 4. The van der Waals surface area contributed by atoms with Gasteiger partial charge >= 0.3 is 0 Å². The molecular formula is C45H83NO4. The first-order valence-corrected chi connectivity index (χ1v) is 17.8. The van der Waals surface area contributed by atoms with Gasteiger partial charge in [0.15, 0.2) is 17.3 Å². The van der Waals surface area contributed by atoms with E-state index in [-0.39, 0.29) is 39.0 Å². The average Bonchev–Trinajstić information content (AvgIpc) is 2.91. The van der Waals surface area contributed by atoms with Gasteiger partial charge in [0.2, 0.25) is 0 Å². The molecule has 5 nitrogen and oxygen atoms in total. The SMILES string of the molecule is C#CC(C)C.C/C=C/C(=O)C(C)(C)C.C=CC(C)(C)C.CC(C)=CC(=O)C(C)(C)C.CCC(=O)C(C)(C)C.CN(C)C/C=C/C(=O)C(C)(C)C. The summed E-state index contributed by atoms with van der Waals surface area (Å²) >= 11 is 0. The molecule has 0 aliphatic heterocycles. The molecule has 0 aromatic rings. The summed E-state index contributed by atoms with van der Waals surface area (Å²) < 4.78 is 0. The molecule has 0 bridgehead atoms. The zero-order valence-corrected chi connectivity index (χ0v) is 37.3. The Morgan fingerprint density at radius 1 is 0.700 bits per heavy atom. The van der Waals surface area contributed by atoms with Crippen molar-refractivity contribution in [3.63, 3.8) is 0 Å². The maximum atomic E-state index is 11.3. The Labute approximate surface area is 312 Å². The number of hydrogen-bond donors (Lipinski definition) is 0. The van der Waals surface area contributed by atoms with Crippen molar-refractivity contribution in [3.05, 3.63) is 48.6 Å². The lowest BCUT2D eigenvalue weighted by molar-refractivity contribution is -0.126. The second-order valence-corrected chi connectivity index (χ2v) is 18.1. The smallest absolute Gasteiger partial charge is 0.160 e. The molecule has 0 fully saturated rings. The normalized spacial score (nSPS) is 11.4. The Morgan fingerprint density at radius 2 is 1.02 bits per heavy atom. The molecule has 0 atom stereocenters. The lowest BCUT2D eigenvalue weighted by Crippen LogP contribution is -2.18. The highest BCUT2D eigenvalue weighted by molar-refractivity contribution is 5.94. The first kappa shape index (κ1) is 59.3. The van der Waals surface area contributed by atoms with Gasteiger partial charge in [-0.2, -0.15) is 0 Å². The summed E-state index contributed by atoms with van der Waals surface area (Å²) in [5.41, 5.74) is 0.557. The van der Waals surface area contributed by atoms with E-state index in [0.717, 1.165) is 12.1 Å². The number of hydrogen-bond acceptors (Lipinski definition) is 5. The van der Waals surface area contributed by atoms with Crippen LogP contribution in [0, 0.1) is 45.3 Å². The second kappa shape index (κ2) is 28.8. The van der Waals surface area contributed by atoms with Gasteiger partial charge in [0, 0.05) is 40.5 Å². The van der Waals surface area contributed by atoms with E-state index in [4.69, 9.17) is 6.42 Å². The standard InChI is InChI=1S/C10H19NO.C9H16O.C8H14O.C7H14O.C6H12.C5H8/c1-10(2,3)9(12)7-6-8-11(4)5;1-7(2)6-8(10)9(3,4)5;1-5-6-7(9)8(2,3)4;1-5-6(8)7(2,3)4;1-5-6(2,3)4;1-4-5(2)3/h6-7H,8H2,1-5H3;6H,1-5H3;5-6H,1-4H3;5H2,1-4H3;5H,1H2,2-4H3;1,5H,2-3H3/b7-6+;;6-5+;;;. The molecule has 0 spiro atoms. The molecule has 0 unspecified atom stereocenters. The van der Waals surface area contributed by atoms with Gasteiger partial charge in [-0.05, 0) is 58.5 Å². The van der Waals surface area contributed by atoms with Crippen LogP contribution < -0.4 is 0 Å². The maximum absolute atomic E-state index is 11.3. The summed E-state index contributed by atoms with van der Waals surface area (Å²) in [5, 5.41) is 0. The largest absolute Gasteiger partial charge is 0.306 e. The molecule has 50 heavy (non-hydrogen) atoms. The Balaban J connectivity index is -0.000000119. The van der Waals surface area contributed by atoms with E-state index in [0.29, 0.717) is 23.5 Å². The summed E-state index contributed by atoms with van der Waals surface area (Å²) in [6, 6.07) is 0. The highest BCUT2D eigenvalue weighted by Gasteiger charge is 2.19. The van der Waals surface area contributed by atoms with Crippen LogP contribution in [-0.4, -0.2) is 48.7 Å². The first-order valence-electron chi connectivity index (χ1n) is 17.8. The molecule has 0 N–H and O–H groups in total. The molecule has 0 aromatic carbocycles. The maximum Gasteiger partial charge on any atom is 0.160 e. The molecule has 0 amide bonds. The van der Waals surface area contributed by atoms with Gasteiger partial charge in [-0.25, -0.2) is 0 Å². The number of terminal acetylenes is 1. The van der Waals surface area contributed by atoms with Crippen molar-refractivity contribution in [1.29, 1.82) is 0 Å².